The first-order valence-corrected chi connectivity index (χ1v) is 8.20. The van der Waals surface area contributed by atoms with Crippen molar-refractivity contribution in [3.05, 3.63) is 29.8 Å². The van der Waals surface area contributed by atoms with E-state index in [9.17, 15) is 0 Å². The second-order valence-corrected chi connectivity index (χ2v) is 5.97. The molecule has 1 aromatic rings. The second kappa shape index (κ2) is 8.31. The molecule has 0 aliphatic heterocycles. The number of hydrogen-bond acceptors (Lipinski definition) is 2. The molecule has 1 aliphatic rings. The van der Waals surface area contributed by atoms with Crippen molar-refractivity contribution >= 4 is 0 Å². The zero-order valence-corrected chi connectivity index (χ0v) is 13.0. The van der Waals surface area contributed by atoms with Crippen LogP contribution in [0.5, 0.6) is 5.75 Å². The zero-order chi connectivity index (χ0) is 14.2. The van der Waals surface area contributed by atoms with E-state index in [1.165, 1.54) is 44.1 Å². The molecule has 0 amide bonds. The first-order chi connectivity index (χ1) is 9.85. The third-order valence-electron chi connectivity index (χ3n) is 4.51. The van der Waals surface area contributed by atoms with Gasteiger partial charge in [0.1, 0.15) is 5.75 Å². The van der Waals surface area contributed by atoms with Gasteiger partial charge >= 0.3 is 0 Å². The molecular formula is C18H29NO. The molecular weight excluding hydrogens is 246 g/mol. The number of nitrogens with one attached hydrogen (secondary N) is 1. The molecule has 0 bridgehead atoms. The van der Waals surface area contributed by atoms with Gasteiger partial charge in [-0.2, -0.15) is 0 Å². The highest BCUT2D eigenvalue weighted by atomic mass is 16.5. The van der Waals surface area contributed by atoms with Crippen molar-refractivity contribution in [2.75, 3.05) is 13.7 Å². The van der Waals surface area contributed by atoms with Crippen molar-refractivity contribution in [1.82, 2.24) is 5.32 Å². The predicted molar refractivity (Wildman–Crippen MR) is 85.4 cm³/mol. The van der Waals surface area contributed by atoms with E-state index in [1.54, 1.807) is 7.11 Å². The smallest absolute Gasteiger partial charge is 0.122 e. The fraction of sp³-hybridized carbons (Fsp3) is 0.667. The van der Waals surface area contributed by atoms with Gasteiger partial charge in [-0.15, -0.1) is 0 Å². The van der Waals surface area contributed by atoms with Gasteiger partial charge < -0.3 is 10.1 Å². The molecule has 1 aliphatic carbocycles. The van der Waals surface area contributed by atoms with E-state index in [-0.39, 0.29) is 0 Å². The SMILES string of the molecule is CCCNC(Cc1ccccc1OC)C1CCCCC1. The normalized spacial score (nSPS) is 17.9. The average Bonchev–Trinajstić information content (AvgIpc) is 2.52. The number of ether oxygens (including phenoxy) is 1. The molecule has 0 spiro atoms. The number of para-hydroxylation sites is 1. The molecule has 0 radical (unpaired) electrons. The van der Waals surface area contributed by atoms with Gasteiger partial charge in [0.05, 0.1) is 7.11 Å². The number of methoxy groups -OCH3 is 1. The highest BCUT2D eigenvalue weighted by Gasteiger charge is 2.24. The summed E-state index contributed by atoms with van der Waals surface area (Å²) in [5.74, 6) is 1.87. The predicted octanol–water partition coefficient (Wildman–Crippen LogP) is 4.19. The Balaban J connectivity index is 2.05. The average molecular weight is 275 g/mol. The van der Waals surface area contributed by atoms with Crippen LogP contribution in [0.4, 0.5) is 0 Å². The van der Waals surface area contributed by atoms with Gasteiger partial charge in [-0.25, -0.2) is 0 Å². The highest BCUT2D eigenvalue weighted by Crippen LogP contribution is 2.29. The Bertz CT molecular complexity index is 385. The molecule has 0 heterocycles. The summed E-state index contributed by atoms with van der Waals surface area (Å²) < 4.78 is 5.51. The summed E-state index contributed by atoms with van der Waals surface area (Å²) in [6.07, 6.45) is 9.30. The summed E-state index contributed by atoms with van der Waals surface area (Å²) in [4.78, 5) is 0. The van der Waals surface area contributed by atoms with Crippen LogP contribution >= 0.6 is 0 Å². The molecule has 1 fully saturated rings. The van der Waals surface area contributed by atoms with Gasteiger partial charge in [-0.3, -0.25) is 0 Å². The lowest BCUT2D eigenvalue weighted by molar-refractivity contribution is 0.265. The van der Waals surface area contributed by atoms with E-state index < -0.39 is 0 Å². The van der Waals surface area contributed by atoms with Crippen molar-refractivity contribution in [3.63, 3.8) is 0 Å². The van der Waals surface area contributed by atoms with Crippen molar-refractivity contribution in [2.24, 2.45) is 5.92 Å². The minimum Gasteiger partial charge on any atom is -0.496 e. The monoisotopic (exact) mass is 275 g/mol. The van der Waals surface area contributed by atoms with Crippen LogP contribution in [-0.4, -0.2) is 19.7 Å². The Kier molecular flexibility index (Phi) is 6.38. The maximum Gasteiger partial charge on any atom is 0.122 e. The van der Waals surface area contributed by atoms with Gasteiger partial charge in [0, 0.05) is 6.04 Å². The minimum absolute atomic E-state index is 0.603. The molecule has 20 heavy (non-hydrogen) atoms. The maximum atomic E-state index is 5.51. The van der Waals surface area contributed by atoms with Gasteiger partial charge in [0.25, 0.3) is 0 Å². The Morgan fingerprint density at radius 2 is 1.95 bits per heavy atom. The van der Waals surface area contributed by atoms with Crippen LogP contribution in [0.15, 0.2) is 24.3 Å². The van der Waals surface area contributed by atoms with Crippen LogP contribution in [0.3, 0.4) is 0 Å². The Morgan fingerprint density at radius 3 is 2.65 bits per heavy atom. The summed E-state index contributed by atoms with van der Waals surface area (Å²) in [5, 5.41) is 3.78. The molecule has 0 saturated heterocycles. The fourth-order valence-electron chi connectivity index (χ4n) is 3.38. The van der Waals surface area contributed by atoms with Crippen LogP contribution in [-0.2, 0) is 6.42 Å². The van der Waals surface area contributed by atoms with Crippen molar-refractivity contribution in [3.8, 4) is 5.75 Å². The first kappa shape index (κ1) is 15.4. The Hall–Kier alpha value is -1.02. The summed E-state index contributed by atoms with van der Waals surface area (Å²) in [6, 6.07) is 9.06. The van der Waals surface area contributed by atoms with E-state index >= 15 is 0 Å². The summed E-state index contributed by atoms with van der Waals surface area (Å²) in [6.45, 7) is 3.37. The van der Waals surface area contributed by atoms with E-state index in [2.05, 4.69) is 36.5 Å². The Labute approximate surface area is 123 Å². The van der Waals surface area contributed by atoms with Gasteiger partial charge in [-0.05, 0) is 49.8 Å². The molecule has 1 N–H and O–H groups in total. The topological polar surface area (TPSA) is 21.3 Å². The molecule has 2 heteroatoms. The van der Waals surface area contributed by atoms with Crippen molar-refractivity contribution in [1.29, 1.82) is 0 Å². The summed E-state index contributed by atoms with van der Waals surface area (Å²) >= 11 is 0. The molecule has 1 atom stereocenters. The van der Waals surface area contributed by atoms with Crippen LogP contribution in [0.1, 0.15) is 51.0 Å². The van der Waals surface area contributed by atoms with Crippen molar-refractivity contribution < 1.29 is 4.74 Å². The van der Waals surface area contributed by atoms with Crippen molar-refractivity contribution in [2.45, 2.75) is 57.9 Å². The molecule has 2 nitrogen and oxygen atoms in total. The van der Waals surface area contributed by atoms with E-state index in [4.69, 9.17) is 4.74 Å². The molecule has 0 aromatic heterocycles. The Morgan fingerprint density at radius 1 is 1.20 bits per heavy atom. The molecule has 112 valence electrons. The summed E-state index contributed by atoms with van der Waals surface area (Å²) in [5.41, 5.74) is 1.34. The fourth-order valence-corrected chi connectivity index (χ4v) is 3.38. The third kappa shape index (κ3) is 4.24. The molecule has 1 aromatic carbocycles. The molecule has 1 saturated carbocycles. The van der Waals surface area contributed by atoms with Crippen LogP contribution in [0.2, 0.25) is 0 Å². The number of benzene rings is 1. The highest BCUT2D eigenvalue weighted by molar-refractivity contribution is 5.34. The number of rotatable bonds is 7. The minimum atomic E-state index is 0.603. The summed E-state index contributed by atoms with van der Waals surface area (Å²) in [7, 11) is 1.77. The largest absolute Gasteiger partial charge is 0.496 e. The number of hydrogen-bond donors (Lipinski definition) is 1. The second-order valence-electron chi connectivity index (χ2n) is 5.97. The zero-order valence-electron chi connectivity index (χ0n) is 13.0. The maximum absolute atomic E-state index is 5.51. The van der Waals surface area contributed by atoms with Gasteiger partial charge in [0.15, 0.2) is 0 Å². The van der Waals surface area contributed by atoms with Crippen LogP contribution in [0.25, 0.3) is 0 Å². The van der Waals surface area contributed by atoms with E-state index in [1.807, 2.05) is 0 Å². The lowest BCUT2D eigenvalue weighted by Crippen LogP contribution is -2.39. The first-order valence-electron chi connectivity index (χ1n) is 8.20. The lowest BCUT2D eigenvalue weighted by atomic mass is 9.81. The third-order valence-corrected chi connectivity index (χ3v) is 4.51. The van der Waals surface area contributed by atoms with Gasteiger partial charge in [-0.1, -0.05) is 44.4 Å². The van der Waals surface area contributed by atoms with Crippen LogP contribution < -0.4 is 10.1 Å². The molecule has 1 unspecified atom stereocenters. The van der Waals surface area contributed by atoms with Gasteiger partial charge in [0.2, 0.25) is 0 Å². The van der Waals surface area contributed by atoms with E-state index in [0.29, 0.717) is 6.04 Å². The van der Waals surface area contributed by atoms with E-state index in [0.717, 1.165) is 24.6 Å². The lowest BCUT2D eigenvalue weighted by Gasteiger charge is -2.31. The molecule has 2 rings (SSSR count). The van der Waals surface area contributed by atoms with Crippen LogP contribution in [0, 0.1) is 5.92 Å². The quantitative estimate of drug-likeness (QED) is 0.806. The standard InChI is InChI=1S/C18H29NO/c1-3-13-19-17(15-9-5-4-6-10-15)14-16-11-7-8-12-18(16)20-2/h7-8,11-12,15,17,19H,3-6,9-10,13-14H2,1-2H3.